The summed E-state index contributed by atoms with van der Waals surface area (Å²) in [6.45, 7) is 0. The number of nitrogens with zero attached hydrogens (tertiary/aromatic N) is 2. The Morgan fingerprint density at radius 3 is 2.63 bits per heavy atom. The van der Waals surface area contributed by atoms with Crippen LogP contribution in [0.5, 0.6) is 11.5 Å². The molecular formula is C16H12F3N3O5. The summed E-state index contributed by atoms with van der Waals surface area (Å²) in [5.74, 6) is -1.58. The number of hydrogen-bond donors (Lipinski definition) is 2. The highest BCUT2D eigenvalue weighted by Gasteiger charge is 2.30. The molecule has 2 aromatic rings. The third kappa shape index (κ3) is 4.71. The maximum Gasteiger partial charge on any atom is 0.416 e. The standard InChI is InChI=1S/C16H12F3N3O5/c1-27-13-7-12(22(25)26)6-10(14(13)23)8-20-21-15(24)9-3-2-4-11(5-9)16(17,18)19/h2-8,23H,1H3,(H,21,24)/b20-8-. The quantitative estimate of drug-likeness (QED) is 0.468. The first-order valence-corrected chi connectivity index (χ1v) is 7.19. The van der Waals surface area contributed by atoms with Crippen LogP contribution < -0.4 is 10.2 Å². The van der Waals surface area contributed by atoms with Gasteiger partial charge in [0.2, 0.25) is 0 Å². The molecule has 0 atom stereocenters. The smallest absolute Gasteiger partial charge is 0.416 e. The number of amides is 1. The molecule has 11 heteroatoms. The number of rotatable bonds is 5. The van der Waals surface area contributed by atoms with Crippen LogP contribution in [0.15, 0.2) is 41.5 Å². The van der Waals surface area contributed by atoms with Gasteiger partial charge >= 0.3 is 6.18 Å². The van der Waals surface area contributed by atoms with Crippen molar-refractivity contribution in [3.05, 3.63) is 63.2 Å². The third-order valence-electron chi connectivity index (χ3n) is 3.34. The van der Waals surface area contributed by atoms with E-state index in [4.69, 9.17) is 4.74 Å². The van der Waals surface area contributed by atoms with Crippen molar-refractivity contribution < 1.29 is 32.7 Å². The molecule has 27 heavy (non-hydrogen) atoms. The molecule has 8 nitrogen and oxygen atoms in total. The van der Waals surface area contributed by atoms with Crippen LogP contribution in [0.25, 0.3) is 0 Å². The number of hydrazone groups is 1. The highest BCUT2D eigenvalue weighted by molar-refractivity contribution is 5.95. The van der Waals surface area contributed by atoms with E-state index in [2.05, 4.69) is 5.10 Å². The van der Waals surface area contributed by atoms with Gasteiger partial charge in [-0.3, -0.25) is 14.9 Å². The molecular weight excluding hydrogens is 371 g/mol. The van der Waals surface area contributed by atoms with Gasteiger partial charge in [-0.25, -0.2) is 5.43 Å². The average molecular weight is 383 g/mol. The number of phenols is 1. The number of aromatic hydroxyl groups is 1. The molecule has 0 radical (unpaired) electrons. The van der Waals surface area contributed by atoms with Crippen LogP contribution in [-0.2, 0) is 6.18 Å². The third-order valence-corrected chi connectivity index (χ3v) is 3.34. The molecule has 0 aromatic heterocycles. The Balaban J connectivity index is 2.22. The van der Waals surface area contributed by atoms with Crippen molar-refractivity contribution in [3.63, 3.8) is 0 Å². The molecule has 142 valence electrons. The molecule has 0 heterocycles. The lowest BCUT2D eigenvalue weighted by Gasteiger charge is -2.08. The van der Waals surface area contributed by atoms with Gasteiger partial charge in [0, 0.05) is 17.2 Å². The average Bonchev–Trinajstić information content (AvgIpc) is 2.62. The lowest BCUT2D eigenvalue weighted by atomic mass is 10.1. The molecule has 0 bridgehead atoms. The molecule has 0 saturated carbocycles. The van der Waals surface area contributed by atoms with Gasteiger partial charge in [0.05, 0.1) is 29.9 Å². The summed E-state index contributed by atoms with van der Waals surface area (Å²) in [5.41, 5.74) is 0.165. The normalized spacial score (nSPS) is 11.4. The summed E-state index contributed by atoms with van der Waals surface area (Å²) in [6.07, 6.45) is -3.71. The van der Waals surface area contributed by atoms with Crippen molar-refractivity contribution in [3.8, 4) is 11.5 Å². The van der Waals surface area contributed by atoms with Crippen LogP contribution >= 0.6 is 0 Å². The number of non-ortho nitro benzene ring substituents is 1. The van der Waals surface area contributed by atoms with Crippen LogP contribution in [0.4, 0.5) is 18.9 Å². The first-order chi connectivity index (χ1) is 12.6. The van der Waals surface area contributed by atoms with E-state index in [1.165, 1.54) is 7.11 Å². The van der Waals surface area contributed by atoms with Crippen LogP contribution in [0, 0.1) is 10.1 Å². The van der Waals surface area contributed by atoms with Crippen LogP contribution in [0.2, 0.25) is 0 Å². The maximum atomic E-state index is 12.7. The maximum absolute atomic E-state index is 12.7. The first-order valence-electron chi connectivity index (χ1n) is 7.19. The molecule has 0 spiro atoms. The van der Waals surface area contributed by atoms with Gasteiger partial charge in [-0.05, 0) is 18.2 Å². The number of nitro benzene ring substituents is 1. The minimum atomic E-state index is -4.61. The SMILES string of the molecule is COc1cc([N+](=O)[O-])cc(/C=N\NC(=O)c2cccc(C(F)(F)F)c2)c1O. The number of halogens is 3. The summed E-state index contributed by atoms with van der Waals surface area (Å²) < 4.78 is 42.8. The summed E-state index contributed by atoms with van der Waals surface area (Å²) in [4.78, 5) is 22.1. The van der Waals surface area contributed by atoms with Crippen LogP contribution in [-0.4, -0.2) is 29.3 Å². The second-order valence-electron chi connectivity index (χ2n) is 5.12. The molecule has 0 aliphatic carbocycles. The fraction of sp³-hybridized carbons (Fsp3) is 0.125. The fourth-order valence-electron chi connectivity index (χ4n) is 2.04. The van der Waals surface area contributed by atoms with Gasteiger partial charge in [0.25, 0.3) is 11.6 Å². The molecule has 1 amide bonds. The molecule has 0 unspecified atom stereocenters. The number of carbonyl (C=O) groups is 1. The summed E-state index contributed by atoms with van der Waals surface area (Å²) in [6, 6.07) is 5.67. The number of phenolic OH excluding ortho intramolecular Hbond substituents is 1. The molecule has 0 fully saturated rings. The van der Waals surface area contributed by atoms with Crippen molar-refractivity contribution >= 4 is 17.8 Å². The lowest BCUT2D eigenvalue weighted by molar-refractivity contribution is -0.385. The van der Waals surface area contributed by atoms with E-state index < -0.39 is 34.0 Å². The molecule has 0 aliphatic heterocycles. The van der Waals surface area contributed by atoms with E-state index in [0.717, 1.165) is 36.5 Å². The van der Waals surface area contributed by atoms with Crippen molar-refractivity contribution in [2.45, 2.75) is 6.18 Å². The van der Waals surface area contributed by atoms with E-state index in [1.54, 1.807) is 0 Å². The van der Waals surface area contributed by atoms with E-state index in [-0.39, 0.29) is 16.9 Å². The fourth-order valence-corrected chi connectivity index (χ4v) is 2.04. The Kier molecular flexibility index (Phi) is 5.63. The van der Waals surface area contributed by atoms with Gasteiger partial charge in [-0.1, -0.05) is 6.07 Å². The Labute approximate surface area is 150 Å². The summed E-state index contributed by atoms with van der Waals surface area (Å²) in [7, 11) is 1.19. The van der Waals surface area contributed by atoms with Gasteiger partial charge < -0.3 is 9.84 Å². The second kappa shape index (κ2) is 7.72. The van der Waals surface area contributed by atoms with Gasteiger partial charge in [-0.15, -0.1) is 0 Å². The van der Waals surface area contributed by atoms with E-state index in [9.17, 15) is 33.2 Å². The minimum absolute atomic E-state index is 0.134. The Hall–Kier alpha value is -3.63. The van der Waals surface area contributed by atoms with Crippen molar-refractivity contribution in [1.82, 2.24) is 5.43 Å². The topological polar surface area (TPSA) is 114 Å². The molecule has 0 saturated heterocycles. The summed E-state index contributed by atoms with van der Waals surface area (Å²) >= 11 is 0. The zero-order valence-corrected chi connectivity index (χ0v) is 13.6. The van der Waals surface area contributed by atoms with Crippen molar-refractivity contribution in [2.24, 2.45) is 5.10 Å². The number of ether oxygens (including phenoxy) is 1. The largest absolute Gasteiger partial charge is 0.504 e. The lowest BCUT2D eigenvalue weighted by Crippen LogP contribution is -2.18. The van der Waals surface area contributed by atoms with Gasteiger partial charge in [0.15, 0.2) is 11.5 Å². The number of hydrogen-bond acceptors (Lipinski definition) is 6. The van der Waals surface area contributed by atoms with Crippen molar-refractivity contribution in [2.75, 3.05) is 7.11 Å². The first kappa shape index (κ1) is 19.7. The zero-order valence-electron chi connectivity index (χ0n) is 13.6. The monoisotopic (exact) mass is 383 g/mol. The molecule has 0 aliphatic rings. The number of benzene rings is 2. The van der Waals surface area contributed by atoms with Crippen LogP contribution in [0.1, 0.15) is 21.5 Å². The molecule has 2 aromatic carbocycles. The van der Waals surface area contributed by atoms with Crippen molar-refractivity contribution in [1.29, 1.82) is 0 Å². The van der Waals surface area contributed by atoms with Gasteiger partial charge in [-0.2, -0.15) is 18.3 Å². The molecule has 2 rings (SSSR count). The number of nitrogens with one attached hydrogen (secondary N) is 1. The predicted octanol–water partition coefficient (Wildman–Crippen LogP) is 3.09. The molecule has 2 N–H and O–H groups in total. The van der Waals surface area contributed by atoms with E-state index in [0.29, 0.717) is 6.07 Å². The minimum Gasteiger partial charge on any atom is -0.504 e. The van der Waals surface area contributed by atoms with E-state index >= 15 is 0 Å². The predicted molar refractivity (Wildman–Crippen MR) is 87.8 cm³/mol. The highest BCUT2D eigenvalue weighted by atomic mass is 19.4. The number of methoxy groups -OCH3 is 1. The second-order valence-corrected chi connectivity index (χ2v) is 5.12. The number of nitro groups is 1. The number of alkyl halides is 3. The summed E-state index contributed by atoms with van der Waals surface area (Å²) in [5, 5.41) is 24.3. The zero-order chi connectivity index (χ0) is 20.2. The Morgan fingerprint density at radius 2 is 2.04 bits per heavy atom. The number of carbonyl (C=O) groups excluding carboxylic acids is 1. The Morgan fingerprint density at radius 1 is 1.33 bits per heavy atom. The Bertz CT molecular complexity index is 913. The van der Waals surface area contributed by atoms with E-state index in [1.807, 2.05) is 5.43 Å². The highest BCUT2D eigenvalue weighted by Crippen LogP contribution is 2.33. The van der Waals surface area contributed by atoms with Crippen LogP contribution in [0.3, 0.4) is 0 Å². The van der Waals surface area contributed by atoms with Gasteiger partial charge in [0.1, 0.15) is 0 Å².